The quantitative estimate of drug-likeness (QED) is 0.841. The molecule has 4 nitrogen and oxygen atoms in total. The lowest BCUT2D eigenvalue weighted by Gasteiger charge is -2.25. The predicted molar refractivity (Wildman–Crippen MR) is 78.5 cm³/mol. The van der Waals surface area contributed by atoms with Gasteiger partial charge in [-0.2, -0.15) is 0 Å². The van der Waals surface area contributed by atoms with Crippen LogP contribution in [0.1, 0.15) is 17.3 Å². The van der Waals surface area contributed by atoms with Crippen LogP contribution >= 0.6 is 0 Å². The van der Waals surface area contributed by atoms with Crippen molar-refractivity contribution in [1.82, 2.24) is 0 Å². The average Bonchev–Trinajstić information content (AvgIpc) is 2.43. The second-order valence-corrected chi connectivity index (χ2v) is 4.33. The molecule has 0 aliphatic rings. The van der Waals surface area contributed by atoms with E-state index >= 15 is 0 Å². The Morgan fingerprint density at radius 2 is 1.90 bits per heavy atom. The van der Waals surface area contributed by atoms with Crippen molar-refractivity contribution in [3.8, 4) is 0 Å². The maximum absolute atomic E-state index is 13.9. The van der Waals surface area contributed by atoms with Crippen LogP contribution in [0, 0.1) is 5.82 Å². The summed E-state index contributed by atoms with van der Waals surface area (Å²) in [6, 6.07) is 11.1. The van der Waals surface area contributed by atoms with Gasteiger partial charge in [-0.15, -0.1) is 0 Å². The zero-order chi connectivity index (χ0) is 14.7. The summed E-state index contributed by atoms with van der Waals surface area (Å²) < 4.78 is 13.9. The summed E-state index contributed by atoms with van der Waals surface area (Å²) in [7, 11) is 0. The minimum atomic E-state index is -0.546. The third-order valence-corrected chi connectivity index (χ3v) is 3.07. The Morgan fingerprint density at radius 1 is 1.20 bits per heavy atom. The van der Waals surface area contributed by atoms with E-state index in [0.29, 0.717) is 29.2 Å². The fraction of sp³-hybridized carbons (Fsp3) is 0.133. The molecule has 0 aromatic heterocycles. The van der Waals surface area contributed by atoms with Crippen LogP contribution in [0.5, 0.6) is 0 Å². The maximum atomic E-state index is 13.9. The average molecular weight is 273 g/mol. The summed E-state index contributed by atoms with van der Waals surface area (Å²) in [5, 5.41) is 0. The van der Waals surface area contributed by atoms with Gasteiger partial charge in [-0.3, -0.25) is 4.79 Å². The molecule has 0 saturated heterocycles. The summed E-state index contributed by atoms with van der Waals surface area (Å²) in [5.74, 6) is -0.894. The van der Waals surface area contributed by atoms with Crippen molar-refractivity contribution in [3.05, 3.63) is 53.8 Å². The number of carbonyl (C=O) groups is 1. The zero-order valence-corrected chi connectivity index (χ0v) is 11.1. The monoisotopic (exact) mass is 273 g/mol. The van der Waals surface area contributed by atoms with E-state index in [1.54, 1.807) is 41.3 Å². The molecule has 0 saturated carbocycles. The lowest BCUT2D eigenvalue weighted by Crippen LogP contribution is -2.20. The van der Waals surface area contributed by atoms with Crippen LogP contribution in [0.3, 0.4) is 0 Å². The third kappa shape index (κ3) is 2.56. The number of nitrogens with zero attached hydrogens (tertiary/aromatic N) is 1. The van der Waals surface area contributed by atoms with E-state index < -0.39 is 5.91 Å². The number of hydrogen-bond acceptors (Lipinski definition) is 3. The number of carbonyl (C=O) groups excluding carboxylic acids is 1. The van der Waals surface area contributed by atoms with Crippen molar-refractivity contribution < 1.29 is 9.18 Å². The van der Waals surface area contributed by atoms with E-state index in [-0.39, 0.29) is 5.82 Å². The number of anilines is 3. The molecule has 0 fully saturated rings. The molecule has 0 spiro atoms. The molecule has 0 atom stereocenters. The largest absolute Gasteiger partial charge is 0.397 e. The number of amides is 1. The molecule has 20 heavy (non-hydrogen) atoms. The highest BCUT2D eigenvalue weighted by Gasteiger charge is 2.15. The standard InChI is InChI=1S/C15H16FN3O/c1-2-19(13-6-4-3-5-11(13)16)14-9-10(15(18)20)7-8-12(14)17/h3-9H,2,17H2,1H3,(H2,18,20). The Labute approximate surface area is 116 Å². The number of nitrogens with two attached hydrogens (primary N) is 2. The van der Waals surface area contributed by atoms with Gasteiger partial charge < -0.3 is 16.4 Å². The van der Waals surface area contributed by atoms with E-state index in [9.17, 15) is 9.18 Å². The second kappa shape index (κ2) is 5.61. The van der Waals surface area contributed by atoms with E-state index in [2.05, 4.69) is 0 Å². The Morgan fingerprint density at radius 3 is 2.50 bits per heavy atom. The van der Waals surface area contributed by atoms with Crippen LogP contribution in [0.25, 0.3) is 0 Å². The van der Waals surface area contributed by atoms with Gasteiger partial charge in [0.05, 0.1) is 17.1 Å². The molecule has 5 heteroatoms. The molecular weight excluding hydrogens is 257 g/mol. The van der Waals surface area contributed by atoms with E-state index in [1.165, 1.54) is 6.07 Å². The molecule has 1 amide bonds. The van der Waals surface area contributed by atoms with Gasteiger partial charge in [-0.05, 0) is 37.3 Å². The number of hydrogen-bond donors (Lipinski definition) is 2. The predicted octanol–water partition coefficient (Wildman–Crippen LogP) is 2.66. The highest BCUT2D eigenvalue weighted by atomic mass is 19.1. The molecule has 2 aromatic rings. The molecule has 0 unspecified atom stereocenters. The molecular formula is C15H16FN3O. The minimum Gasteiger partial charge on any atom is -0.397 e. The van der Waals surface area contributed by atoms with Gasteiger partial charge in [0.1, 0.15) is 5.82 Å². The van der Waals surface area contributed by atoms with Gasteiger partial charge in [-0.25, -0.2) is 4.39 Å². The minimum absolute atomic E-state index is 0.337. The van der Waals surface area contributed by atoms with E-state index in [0.717, 1.165) is 0 Å². The number of nitrogen functional groups attached to an aromatic ring is 1. The van der Waals surface area contributed by atoms with Crippen molar-refractivity contribution >= 4 is 23.0 Å². The molecule has 0 radical (unpaired) electrons. The van der Waals surface area contributed by atoms with Crippen molar-refractivity contribution in [2.45, 2.75) is 6.92 Å². The zero-order valence-electron chi connectivity index (χ0n) is 11.1. The smallest absolute Gasteiger partial charge is 0.248 e. The van der Waals surface area contributed by atoms with Crippen LogP contribution < -0.4 is 16.4 Å². The molecule has 2 rings (SSSR count). The molecule has 0 aliphatic carbocycles. The lowest BCUT2D eigenvalue weighted by molar-refractivity contribution is 0.100. The molecule has 104 valence electrons. The van der Waals surface area contributed by atoms with Crippen LogP contribution in [0.4, 0.5) is 21.5 Å². The van der Waals surface area contributed by atoms with Crippen molar-refractivity contribution in [1.29, 1.82) is 0 Å². The second-order valence-electron chi connectivity index (χ2n) is 4.33. The maximum Gasteiger partial charge on any atom is 0.248 e. The SMILES string of the molecule is CCN(c1cc(C(N)=O)ccc1N)c1ccccc1F. The first-order valence-corrected chi connectivity index (χ1v) is 6.26. The Kier molecular flexibility index (Phi) is 3.89. The van der Waals surface area contributed by atoms with Gasteiger partial charge in [-0.1, -0.05) is 12.1 Å². The van der Waals surface area contributed by atoms with Gasteiger partial charge >= 0.3 is 0 Å². The van der Waals surface area contributed by atoms with Gasteiger partial charge in [0.2, 0.25) is 5.91 Å². The van der Waals surface area contributed by atoms with Crippen LogP contribution in [0.2, 0.25) is 0 Å². The summed E-state index contributed by atoms with van der Waals surface area (Å²) in [6.45, 7) is 2.39. The first-order chi connectivity index (χ1) is 9.54. The number of halogens is 1. The Hall–Kier alpha value is -2.56. The van der Waals surface area contributed by atoms with Gasteiger partial charge in [0, 0.05) is 12.1 Å². The van der Waals surface area contributed by atoms with Crippen molar-refractivity contribution in [2.24, 2.45) is 5.73 Å². The topological polar surface area (TPSA) is 72.3 Å². The highest BCUT2D eigenvalue weighted by molar-refractivity contribution is 5.95. The first kappa shape index (κ1) is 13.9. The molecule has 0 heterocycles. The van der Waals surface area contributed by atoms with Crippen molar-refractivity contribution in [2.75, 3.05) is 17.2 Å². The van der Waals surface area contributed by atoms with Crippen LogP contribution in [0.15, 0.2) is 42.5 Å². The fourth-order valence-corrected chi connectivity index (χ4v) is 2.07. The van der Waals surface area contributed by atoms with E-state index in [4.69, 9.17) is 11.5 Å². The van der Waals surface area contributed by atoms with Crippen molar-refractivity contribution in [3.63, 3.8) is 0 Å². The number of para-hydroxylation sites is 1. The lowest BCUT2D eigenvalue weighted by atomic mass is 10.1. The Balaban J connectivity index is 2.55. The summed E-state index contributed by atoms with van der Waals surface area (Å²) >= 11 is 0. The van der Waals surface area contributed by atoms with E-state index in [1.807, 2.05) is 6.92 Å². The van der Waals surface area contributed by atoms with Gasteiger partial charge in [0.25, 0.3) is 0 Å². The summed E-state index contributed by atoms with van der Waals surface area (Å²) in [6.07, 6.45) is 0. The number of rotatable bonds is 4. The van der Waals surface area contributed by atoms with Gasteiger partial charge in [0.15, 0.2) is 0 Å². The molecule has 0 aliphatic heterocycles. The molecule has 0 bridgehead atoms. The fourth-order valence-electron chi connectivity index (χ4n) is 2.07. The highest BCUT2D eigenvalue weighted by Crippen LogP contribution is 2.32. The van der Waals surface area contributed by atoms with Crippen LogP contribution in [-0.4, -0.2) is 12.5 Å². The first-order valence-electron chi connectivity index (χ1n) is 6.26. The normalized spacial score (nSPS) is 10.3. The summed E-state index contributed by atoms with van der Waals surface area (Å²) in [5.41, 5.74) is 13.0. The number of primary amides is 1. The Bertz CT molecular complexity index is 643. The summed E-state index contributed by atoms with van der Waals surface area (Å²) in [4.78, 5) is 13.0. The third-order valence-electron chi connectivity index (χ3n) is 3.07. The molecule has 2 aromatic carbocycles. The number of benzene rings is 2. The molecule has 4 N–H and O–H groups in total. The van der Waals surface area contributed by atoms with Crippen LogP contribution in [-0.2, 0) is 0 Å².